The summed E-state index contributed by atoms with van der Waals surface area (Å²) in [6.07, 6.45) is 3.40. The number of aromatic amines is 1. The Balaban J connectivity index is 1.26. The summed E-state index contributed by atoms with van der Waals surface area (Å²) in [6, 6.07) is 19.7. The third-order valence-corrected chi connectivity index (χ3v) is 7.19. The average molecular weight is 551 g/mol. The lowest BCUT2D eigenvalue weighted by molar-refractivity contribution is 0.0336. The average Bonchev–Trinajstić information content (AvgIpc) is 3.64. The molecule has 5 aromatic rings. The van der Waals surface area contributed by atoms with E-state index in [9.17, 15) is 4.79 Å². The summed E-state index contributed by atoms with van der Waals surface area (Å²) in [5, 5.41) is 19.5. The Labute approximate surface area is 238 Å². The number of rotatable bonds is 6. The van der Waals surface area contributed by atoms with E-state index in [1.807, 2.05) is 42.5 Å². The van der Waals surface area contributed by atoms with Crippen LogP contribution in [0.4, 0.5) is 16.3 Å². The number of anilines is 2. The molecule has 0 bridgehead atoms. The van der Waals surface area contributed by atoms with E-state index >= 15 is 0 Å². The molecule has 1 saturated heterocycles. The van der Waals surface area contributed by atoms with E-state index < -0.39 is 0 Å². The summed E-state index contributed by atoms with van der Waals surface area (Å²) in [7, 11) is 0. The van der Waals surface area contributed by atoms with Gasteiger partial charge in [0.25, 0.3) is 0 Å². The first kappa shape index (κ1) is 26.7. The van der Waals surface area contributed by atoms with E-state index in [1.54, 1.807) is 17.1 Å². The number of amides is 2. The Bertz CT molecular complexity index is 1660. The first-order chi connectivity index (χ1) is 19.8. The molecule has 3 aromatic heterocycles. The van der Waals surface area contributed by atoms with E-state index in [0.717, 1.165) is 72.0 Å². The highest BCUT2D eigenvalue weighted by Gasteiger charge is 2.22. The molecule has 1 aliphatic heterocycles. The van der Waals surface area contributed by atoms with Crippen molar-refractivity contribution in [1.82, 2.24) is 29.9 Å². The van der Waals surface area contributed by atoms with Crippen molar-refractivity contribution in [1.29, 1.82) is 0 Å². The van der Waals surface area contributed by atoms with E-state index in [-0.39, 0.29) is 11.4 Å². The predicted molar refractivity (Wildman–Crippen MR) is 160 cm³/mol. The van der Waals surface area contributed by atoms with Gasteiger partial charge in [-0.25, -0.2) is 9.48 Å². The molecule has 3 N–H and O–H groups in total. The minimum Gasteiger partial charge on any atom is -0.379 e. The van der Waals surface area contributed by atoms with Crippen LogP contribution in [0.1, 0.15) is 32.2 Å². The Morgan fingerprint density at radius 2 is 1.80 bits per heavy atom. The quantitative estimate of drug-likeness (QED) is 0.254. The Morgan fingerprint density at radius 3 is 2.56 bits per heavy atom. The summed E-state index contributed by atoms with van der Waals surface area (Å²) in [4.78, 5) is 20.6. The summed E-state index contributed by atoms with van der Waals surface area (Å²) < 4.78 is 7.16. The number of pyridine rings is 1. The van der Waals surface area contributed by atoms with E-state index in [2.05, 4.69) is 64.7 Å². The molecule has 1 aliphatic rings. The molecule has 0 saturated carbocycles. The summed E-state index contributed by atoms with van der Waals surface area (Å²) in [6.45, 7) is 10.4. The molecule has 1 fully saturated rings. The van der Waals surface area contributed by atoms with Gasteiger partial charge in [-0.2, -0.15) is 10.2 Å². The topological polar surface area (TPSA) is 113 Å². The van der Waals surface area contributed by atoms with Crippen molar-refractivity contribution in [2.45, 2.75) is 32.7 Å². The number of urea groups is 1. The molecule has 2 aromatic carbocycles. The molecule has 4 heterocycles. The Kier molecular flexibility index (Phi) is 7.25. The molecule has 210 valence electrons. The monoisotopic (exact) mass is 550 g/mol. The number of hydrogen-bond donors (Lipinski definition) is 3. The lowest BCUT2D eigenvalue weighted by atomic mass is 9.92. The maximum absolute atomic E-state index is 13.3. The van der Waals surface area contributed by atoms with Crippen LogP contribution in [0.5, 0.6) is 0 Å². The van der Waals surface area contributed by atoms with Crippen LogP contribution in [0.2, 0.25) is 0 Å². The molecule has 0 spiro atoms. The lowest BCUT2D eigenvalue weighted by Gasteiger charge is -2.26. The van der Waals surface area contributed by atoms with Gasteiger partial charge in [0.05, 0.1) is 42.2 Å². The second-order valence-electron chi connectivity index (χ2n) is 11.2. The molecular formula is C31H34N8O2. The van der Waals surface area contributed by atoms with Crippen molar-refractivity contribution in [2.75, 3.05) is 36.9 Å². The minimum absolute atomic E-state index is 0.193. The third kappa shape index (κ3) is 5.84. The SMILES string of the molecule is CC(C)(C)c1cc(NC(=O)Nc2ccc(-c3cccc(CN4CCOCC4)n3)c3ccccc23)n(-c2cn[nH]c2)n1. The fraction of sp³-hybridized carbons (Fsp3) is 0.290. The van der Waals surface area contributed by atoms with Crippen molar-refractivity contribution in [3.63, 3.8) is 0 Å². The van der Waals surface area contributed by atoms with Gasteiger partial charge in [0.1, 0.15) is 11.5 Å². The van der Waals surface area contributed by atoms with Crippen molar-refractivity contribution in [3.05, 3.63) is 84.4 Å². The van der Waals surface area contributed by atoms with Crippen LogP contribution >= 0.6 is 0 Å². The minimum atomic E-state index is -0.362. The fourth-order valence-electron chi connectivity index (χ4n) is 5.00. The molecule has 0 radical (unpaired) electrons. The van der Waals surface area contributed by atoms with Crippen LogP contribution in [-0.2, 0) is 16.7 Å². The highest BCUT2D eigenvalue weighted by Crippen LogP contribution is 2.33. The van der Waals surface area contributed by atoms with Crippen LogP contribution < -0.4 is 10.6 Å². The molecule has 41 heavy (non-hydrogen) atoms. The largest absolute Gasteiger partial charge is 0.379 e. The van der Waals surface area contributed by atoms with Gasteiger partial charge in [0.15, 0.2) is 0 Å². The van der Waals surface area contributed by atoms with Crippen LogP contribution in [0.3, 0.4) is 0 Å². The second kappa shape index (κ2) is 11.1. The van der Waals surface area contributed by atoms with Gasteiger partial charge in [-0.05, 0) is 23.6 Å². The number of ether oxygens (including phenoxy) is 1. The second-order valence-corrected chi connectivity index (χ2v) is 11.2. The standard InChI is InChI=1S/C31H34N8O2/c1-31(2,3)28-17-29(39(37-28)22-18-32-33-19-22)36-30(40)35-27-12-11-25(23-8-4-5-9-24(23)27)26-10-6-7-21(34-26)20-38-13-15-41-16-14-38/h4-12,17-19H,13-16,20H2,1-3H3,(H,32,33)(H2,35,36,40). The maximum Gasteiger partial charge on any atom is 0.324 e. The summed E-state index contributed by atoms with van der Waals surface area (Å²) in [5.74, 6) is 0.552. The fourth-order valence-corrected chi connectivity index (χ4v) is 5.00. The molecule has 0 atom stereocenters. The van der Waals surface area contributed by atoms with Gasteiger partial charge in [-0.1, -0.05) is 57.2 Å². The van der Waals surface area contributed by atoms with E-state index in [1.165, 1.54) is 0 Å². The van der Waals surface area contributed by atoms with Crippen LogP contribution in [0.15, 0.2) is 73.1 Å². The van der Waals surface area contributed by atoms with Gasteiger partial charge >= 0.3 is 6.03 Å². The molecule has 10 nitrogen and oxygen atoms in total. The predicted octanol–water partition coefficient (Wildman–Crippen LogP) is 5.58. The number of carbonyl (C=O) groups is 1. The number of H-pyrrole nitrogens is 1. The first-order valence-electron chi connectivity index (χ1n) is 13.8. The van der Waals surface area contributed by atoms with E-state index in [0.29, 0.717) is 11.5 Å². The number of morpholine rings is 1. The Morgan fingerprint density at radius 1 is 1.00 bits per heavy atom. The molecule has 0 aliphatic carbocycles. The first-order valence-corrected chi connectivity index (χ1v) is 13.8. The normalized spacial score (nSPS) is 14.3. The number of hydrogen-bond acceptors (Lipinski definition) is 6. The summed E-state index contributed by atoms with van der Waals surface area (Å²) >= 11 is 0. The van der Waals surface area contributed by atoms with Crippen molar-refractivity contribution in [2.24, 2.45) is 0 Å². The maximum atomic E-state index is 13.3. The zero-order chi connectivity index (χ0) is 28.4. The smallest absolute Gasteiger partial charge is 0.324 e. The number of fused-ring (bicyclic) bond motifs is 1. The van der Waals surface area contributed by atoms with E-state index in [4.69, 9.17) is 14.8 Å². The third-order valence-electron chi connectivity index (χ3n) is 7.19. The van der Waals surface area contributed by atoms with Crippen molar-refractivity contribution < 1.29 is 9.53 Å². The van der Waals surface area contributed by atoms with Crippen LogP contribution in [0.25, 0.3) is 27.7 Å². The highest BCUT2D eigenvalue weighted by molar-refractivity contribution is 6.09. The number of benzene rings is 2. The lowest BCUT2D eigenvalue weighted by Crippen LogP contribution is -2.35. The molecular weight excluding hydrogens is 516 g/mol. The molecule has 6 rings (SSSR count). The number of nitrogens with one attached hydrogen (secondary N) is 3. The Hall–Kier alpha value is -4.54. The highest BCUT2D eigenvalue weighted by atomic mass is 16.5. The van der Waals surface area contributed by atoms with Gasteiger partial charge in [-0.3, -0.25) is 20.3 Å². The number of carbonyl (C=O) groups excluding carboxylic acids is 1. The summed E-state index contributed by atoms with van der Waals surface area (Å²) in [5.41, 5.74) is 5.04. The van der Waals surface area contributed by atoms with Crippen LogP contribution in [0, 0.1) is 0 Å². The van der Waals surface area contributed by atoms with Gasteiger partial charge in [-0.15, -0.1) is 0 Å². The zero-order valence-electron chi connectivity index (χ0n) is 23.5. The van der Waals surface area contributed by atoms with Crippen LogP contribution in [-0.4, -0.2) is 62.2 Å². The van der Waals surface area contributed by atoms with Crippen molar-refractivity contribution in [3.8, 4) is 16.9 Å². The van der Waals surface area contributed by atoms with Gasteiger partial charge in [0, 0.05) is 48.3 Å². The van der Waals surface area contributed by atoms with Gasteiger partial charge < -0.3 is 10.1 Å². The molecule has 10 heteroatoms. The number of nitrogens with zero attached hydrogens (tertiary/aromatic N) is 5. The zero-order valence-corrected chi connectivity index (χ0v) is 23.5. The molecule has 2 amide bonds. The molecule has 0 unspecified atom stereocenters. The van der Waals surface area contributed by atoms with Gasteiger partial charge in [0.2, 0.25) is 0 Å². The number of aromatic nitrogens is 5. The van der Waals surface area contributed by atoms with Crippen molar-refractivity contribution >= 4 is 28.3 Å².